The van der Waals surface area contributed by atoms with Gasteiger partial charge in [-0.15, -0.1) is 0 Å². The summed E-state index contributed by atoms with van der Waals surface area (Å²) in [4.78, 5) is 17.9. The Kier molecular flexibility index (Phi) is 7.40. The maximum Gasteiger partial charge on any atom is 0.495 e. The lowest BCUT2D eigenvalue weighted by molar-refractivity contribution is -0.0575. The summed E-state index contributed by atoms with van der Waals surface area (Å²) in [5.74, 6) is -0.0605. The van der Waals surface area contributed by atoms with Crippen molar-refractivity contribution in [2.45, 2.75) is 90.6 Å². The second-order valence-electron chi connectivity index (χ2n) is 11.0. The minimum atomic E-state index is -0.691. The molecule has 3 aliphatic rings. The molecule has 4 rings (SSSR count). The van der Waals surface area contributed by atoms with Crippen LogP contribution in [0.25, 0.3) is 12.2 Å². The van der Waals surface area contributed by atoms with Crippen LogP contribution in [0.2, 0.25) is 0 Å². The molecule has 2 unspecified atom stereocenters. The summed E-state index contributed by atoms with van der Waals surface area (Å²) in [5, 5.41) is 12.7. The van der Waals surface area contributed by atoms with Gasteiger partial charge in [-0.25, -0.2) is 0 Å². The van der Waals surface area contributed by atoms with Gasteiger partial charge in [-0.2, -0.15) is 0 Å². The number of hydrogen-bond acceptors (Lipinski definition) is 6. The maximum absolute atomic E-state index is 14.0. The molecule has 1 aromatic rings. The summed E-state index contributed by atoms with van der Waals surface area (Å²) in [5.41, 5.74) is 1.49. The molecule has 0 aliphatic carbocycles. The number of hydrogen-bond donors (Lipinski definition) is 1. The van der Waals surface area contributed by atoms with Gasteiger partial charge in [-0.1, -0.05) is 31.9 Å². The van der Waals surface area contributed by atoms with Crippen molar-refractivity contribution in [3.8, 4) is 0 Å². The van der Waals surface area contributed by atoms with Gasteiger partial charge in [0.15, 0.2) is 0 Å². The molecule has 0 bridgehead atoms. The molecule has 7 nitrogen and oxygen atoms in total. The molecule has 0 spiro atoms. The van der Waals surface area contributed by atoms with Crippen molar-refractivity contribution in [2.75, 3.05) is 31.8 Å². The Morgan fingerprint density at radius 1 is 1.20 bits per heavy atom. The third kappa shape index (κ3) is 4.66. The maximum atomic E-state index is 14.0. The fraction of sp³-hybridized carbons (Fsp3) is 0.667. The highest BCUT2D eigenvalue weighted by Gasteiger charge is 2.52. The van der Waals surface area contributed by atoms with E-state index in [1.165, 1.54) is 0 Å². The summed E-state index contributed by atoms with van der Waals surface area (Å²) in [6.07, 6.45) is 7.41. The quantitative estimate of drug-likeness (QED) is 0.508. The first kappa shape index (κ1) is 26.2. The lowest BCUT2D eigenvalue weighted by atomic mass is 9.75. The van der Waals surface area contributed by atoms with Gasteiger partial charge < -0.3 is 29.0 Å². The van der Waals surface area contributed by atoms with Gasteiger partial charge in [-0.3, -0.25) is 4.79 Å². The number of anilines is 1. The minimum absolute atomic E-state index is 0.0605. The first-order valence-electron chi connectivity index (χ1n) is 13.0. The van der Waals surface area contributed by atoms with E-state index in [9.17, 15) is 9.90 Å². The van der Waals surface area contributed by atoms with Crippen LogP contribution in [0.3, 0.4) is 0 Å². The third-order valence-corrected chi connectivity index (χ3v) is 8.04. The van der Waals surface area contributed by atoms with Crippen molar-refractivity contribution in [1.29, 1.82) is 0 Å². The molecular weight excluding hydrogens is 443 g/mol. The SMILES string of the molecule is CC=c1c(B2OC(C)(C)C(C)(C)O2)cc2c(c1=CCCCC)N(C)CN(C1CCOCC1O)C2=O. The van der Waals surface area contributed by atoms with Crippen LogP contribution in [-0.4, -0.2) is 73.3 Å². The molecule has 3 heterocycles. The molecule has 3 aliphatic heterocycles. The Morgan fingerprint density at radius 2 is 1.89 bits per heavy atom. The second kappa shape index (κ2) is 9.89. The highest BCUT2D eigenvalue weighted by Crippen LogP contribution is 2.36. The Labute approximate surface area is 209 Å². The standard InChI is InChI=1S/C27H41BN2O5/c1-8-10-11-12-19-18(9-2)21(28-34-26(3,4)27(5,6)35-28)15-20-24(19)29(7)17-30(25(20)32)22-13-14-33-16-23(22)31/h9,12,15,22-23,31H,8,10-11,13-14,16-17H2,1-7H3. The highest BCUT2D eigenvalue weighted by molar-refractivity contribution is 6.62. The fourth-order valence-electron chi connectivity index (χ4n) is 5.30. The number of rotatable bonds is 5. The molecule has 0 saturated carbocycles. The first-order valence-corrected chi connectivity index (χ1v) is 13.0. The fourth-order valence-corrected chi connectivity index (χ4v) is 5.30. The number of unbranched alkanes of at least 4 members (excludes halogenated alkanes) is 2. The summed E-state index contributed by atoms with van der Waals surface area (Å²) in [6, 6.07) is 1.69. The molecule has 8 heteroatoms. The molecule has 2 saturated heterocycles. The van der Waals surface area contributed by atoms with Gasteiger partial charge in [0, 0.05) is 18.9 Å². The van der Waals surface area contributed by atoms with Gasteiger partial charge >= 0.3 is 7.12 Å². The second-order valence-corrected chi connectivity index (χ2v) is 11.0. The van der Waals surface area contributed by atoms with Crippen molar-refractivity contribution in [3.63, 3.8) is 0 Å². The van der Waals surface area contributed by atoms with E-state index in [2.05, 4.69) is 24.0 Å². The largest absolute Gasteiger partial charge is 0.495 e. The molecule has 2 atom stereocenters. The summed E-state index contributed by atoms with van der Waals surface area (Å²) < 4.78 is 18.3. The number of carbonyl (C=O) groups is 1. The zero-order chi connectivity index (χ0) is 25.5. The molecule has 0 aromatic heterocycles. The Hall–Kier alpha value is -1.87. The van der Waals surface area contributed by atoms with Crippen LogP contribution in [-0.2, 0) is 14.0 Å². The van der Waals surface area contributed by atoms with Gasteiger partial charge in [0.1, 0.15) is 0 Å². The number of carbonyl (C=O) groups excluding carboxylic acids is 1. The van der Waals surface area contributed by atoms with Crippen molar-refractivity contribution in [2.24, 2.45) is 0 Å². The van der Waals surface area contributed by atoms with E-state index in [1.54, 1.807) is 4.90 Å². The number of benzene rings is 1. The van der Waals surface area contributed by atoms with E-state index in [-0.39, 0.29) is 18.6 Å². The number of amides is 1. The predicted molar refractivity (Wildman–Crippen MR) is 140 cm³/mol. The average molecular weight is 484 g/mol. The van der Waals surface area contributed by atoms with Gasteiger partial charge in [0.05, 0.1) is 47.9 Å². The molecule has 35 heavy (non-hydrogen) atoms. The van der Waals surface area contributed by atoms with Crippen LogP contribution in [0.5, 0.6) is 0 Å². The summed E-state index contributed by atoms with van der Waals surface area (Å²) in [6.45, 7) is 13.6. The van der Waals surface area contributed by atoms with E-state index in [4.69, 9.17) is 14.0 Å². The smallest absolute Gasteiger partial charge is 0.399 e. The number of ether oxygens (including phenoxy) is 1. The topological polar surface area (TPSA) is 71.5 Å². The lowest BCUT2D eigenvalue weighted by Crippen LogP contribution is -2.60. The average Bonchev–Trinajstić information content (AvgIpc) is 3.02. The first-order chi connectivity index (χ1) is 16.5. The zero-order valence-corrected chi connectivity index (χ0v) is 22.4. The number of aliphatic hydroxyl groups excluding tert-OH is 1. The van der Waals surface area contributed by atoms with Crippen molar-refractivity contribution >= 4 is 36.3 Å². The number of fused-ring (bicyclic) bond motifs is 1. The summed E-state index contributed by atoms with van der Waals surface area (Å²) >= 11 is 0. The van der Waals surface area contributed by atoms with Gasteiger partial charge in [-0.05, 0) is 64.2 Å². The number of aliphatic hydroxyl groups is 1. The van der Waals surface area contributed by atoms with E-state index < -0.39 is 24.4 Å². The molecule has 192 valence electrons. The molecular formula is C27H41BN2O5. The van der Waals surface area contributed by atoms with E-state index in [0.29, 0.717) is 25.3 Å². The van der Waals surface area contributed by atoms with Crippen molar-refractivity contribution < 1.29 is 23.9 Å². The zero-order valence-electron chi connectivity index (χ0n) is 22.4. The van der Waals surface area contributed by atoms with Crippen LogP contribution in [0.1, 0.15) is 77.6 Å². The lowest BCUT2D eigenvalue weighted by Gasteiger charge is -2.43. The van der Waals surface area contributed by atoms with Crippen molar-refractivity contribution in [3.05, 3.63) is 22.1 Å². The Balaban J connectivity index is 1.89. The van der Waals surface area contributed by atoms with Crippen LogP contribution < -0.4 is 20.8 Å². The van der Waals surface area contributed by atoms with Gasteiger partial charge in [0.25, 0.3) is 5.91 Å². The molecule has 0 radical (unpaired) electrons. The van der Waals surface area contributed by atoms with E-state index >= 15 is 0 Å². The van der Waals surface area contributed by atoms with Crippen LogP contribution >= 0.6 is 0 Å². The normalized spacial score (nSPS) is 27.1. The molecule has 1 aromatic carbocycles. The van der Waals surface area contributed by atoms with Crippen molar-refractivity contribution in [1.82, 2.24) is 4.90 Å². The third-order valence-electron chi connectivity index (χ3n) is 8.04. The van der Waals surface area contributed by atoms with E-state index in [0.717, 1.165) is 40.8 Å². The van der Waals surface area contributed by atoms with Crippen LogP contribution in [0, 0.1) is 0 Å². The number of nitrogens with zero attached hydrogens (tertiary/aromatic N) is 2. The molecule has 1 N–H and O–H groups in total. The molecule has 1 amide bonds. The summed E-state index contributed by atoms with van der Waals surface area (Å²) in [7, 11) is 1.45. The van der Waals surface area contributed by atoms with Gasteiger partial charge in [0.2, 0.25) is 0 Å². The van der Waals surface area contributed by atoms with Crippen LogP contribution in [0.15, 0.2) is 6.07 Å². The highest BCUT2D eigenvalue weighted by atomic mass is 16.7. The Morgan fingerprint density at radius 3 is 2.49 bits per heavy atom. The minimum Gasteiger partial charge on any atom is -0.399 e. The monoisotopic (exact) mass is 484 g/mol. The predicted octanol–water partition coefficient (Wildman–Crippen LogP) is 1.76. The Bertz CT molecular complexity index is 1070. The molecule has 2 fully saturated rings. The van der Waals surface area contributed by atoms with Crippen LogP contribution in [0.4, 0.5) is 5.69 Å². The van der Waals surface area contributed by atoms with E-state index in [1.807, 2.05) is 47.7 Å².